The Morgan fingerprint density at radius 3 is 2.84 bits per heavy atom. The zero-order chi connectivity index (χ0) is 13.8. The summed E-state index contributed by atoms with van der Waals surface area (Å²) in [6.07, 6.45) is 0.440. The van der Waals surface area contributed by atoms with Gasteiger partial charge in [0, 0.05) is 5.39 Å². The number of hydrogen-bond donors (Lipinski definition) is 3. The van der Waals surface area contributed by atoms with E-state index in [0.717, 1.165) is 10.9 Å². The molecule has 1 amide bonds. The molecule has 6 nitrogen and oxygen atoms in total. The van der Waals surface area contributed by atoms with Gasteiger partial charge in [0.25, 0.3) is 0 Å². The molecule has 1 heterocycles. The van der Waals surface area contributed by atoms with Crippen LogP contribution < -0.4 is 5.32 Å². The summed E-state index contributed by atoms with van der Waals surface area (Å²) >= 11 is 0. The van der Waals surface area contributed by atoms with Crippen LogP contribution in [0.2, 0.25) is 0 Å². The molecule has 1 unspecified atom stereocenters. The number of aromatic amines is 1. The maximum Gasteiger partial charge on any atom is 0.326 e. The molecule has 0 radical (unpaired) electrons. The van der Waals surface area contributed by atoms with E-state index in [1.54, 1.807) is 6.92 Å². The molecule has 0 spiro atoms. The molecular formula is C13H15N3O3. The van der Waals surface area contributed by atoms with Gasteiger partial charge in [0.05, 0.1) is 17.6 Å². The van der Waals surface area contributed by atoms with Crippen molar-refractivity contribution in [1.29, 1.82) is 0 Å². The van der Waals surface area contributed by atoms with Crippen LogP contribution in [0.25, 0.3) is 10.9 Å². The molecule has 0 bridgehead atoms. The van der Waals surface area contributed by atoms with Crippen LogP contribution in [0.4, 0.5) is 0 Å². The summed E-state index contributed by atoms with van der Waals surface area (Å²) in [7, 11) is 0. The second kappa shape index (κ2) is 5.51. The fourth-order valence-electron chi connectivity index (χ4n) is 1.89. The van der Waals surface area contributed by atoms with E-state index in [-0.39, 0.29) is 12.3 Å². The Morgan fingerprint density at radius 1 is 1.42 bits per heavy atom. The van der Waals surface area contributed by atoms with E-state index in [4.69, 9.17) is 5.11 Å². The van der Waals surface area contributed by atoms with Gasteiger partial charge in [-0.05, 0) is 12.5 Å². The van der Waals surface area contributed by atoms with E-state index in [2.05, 4.69) is 15.5 Å². The van der Waals surface area contributed by atoms with E-state index in [9.17, 15) is 9.59 Å². The molecule has 0 aliphatic heterocycles. The van der Waals surface area contributed by atoms with E-state index in [1.807, 2.05) is 24.3 Å². The number of amides is 1. The van der Waals surface area contributed by atoms with Crippen molar-refractivity contribution in [3.63, 3.8) is 0 Å². The smallest absolute Gasteiger partial charge is 0.326 e. The molecule has 2 rings (SSSR count). The topological polar surface area (TPSA) is 95.1 Å². The maximum absolute atomic E-state index is 11.8. The van der Waals surface area contributed by atoms with Gasteiger partial charge in [-0.25, -0.2) is 4.79 Å². The van der Waals surface area contributed by atoms with Crippen molar-refractivity contribution in [1.82, 2.24) is 15.5 Å². The Bertz CT molecular complexity index is 606. The third-order valence-corrected chi connectivity index (χ3v) is 2.92. The number of carbonyl (C=O) groups excluding carboxylic acids is 1. The molecule has 1 aromatic heterocycles. The number of fused-ring (bicyclic) bond motifs is 1. The number of aliphatic carboxylic acids is 1. The molecule has 1 atom stereocenters. The first-order valence-electron chi connectivity index (χ1n) is 6.06. The van der Waals surface area contributed by atoms with Crippen molar-refractivity contribution >= 4 is 22.8 Å². The van der Waals surface area contributed by atoms with Crippen molar-refractivity contribution in [3.05, 3.63) is 30.0 Å². The van der Waals surface area contributed by atoms with E-state index < -0.39 is 12.0 Å². The first-order valence-corrected chi connectivity index (χ1v) is 6.06. The zero-order valence-corrected chi connectivity index (χ0v) is 10.5. The second-order valence-electron chi connectivity index (χ2n) is 4.26. The standard InChI is InChI=1S/C13H15N3O3/c1-2-9(13(18)19)14-12(17)7-11-8-5-3-4-6-10(8)15-16-11/h3-6,9H,2,7H2,1H3,(H,14,17)(H,15,16)(H,18,19). The summed E-state index contributed by atoms with van der Waals surface area (Å²) in [5, 5.41) is 19.1. The minimum Gasteiger partial charge on any atom is -0.480 e. The molecule has 6 heteroatoms. The fourth-order valence-corrected chi connectivity index (χ4v) is 1.89. The molecule has 0 saturated heterocycles. The summed E-state index contributed by atoms with van der Waals surface area (Å²) in [6, 6.07) is 6.60. The molecule has 1 aromatic carbocycles. The fraction of sp³-hybridized carbons (Fsp3) is 0.308. The van der Waals surface area contributed by atoms with E-state index >= 15 is 0 Å². The third-order valence-electron chi connectivity index (χ3n) is 2.92. The lowest BCUT2D eigenvalue weighted by Crippen LogP contribution is -2.41. The van der Waals surface area contributed by atoms with Crippen LogP contribution in [0.15, 0.2) is 24.3 Å². The lowest BCUT2D eigenvalue weighted by molar-refractivity contribution is -0.141. The van der Waals surface area contributed by atoms with E-state index in [1.165, 1.54) is 0 Å². The average Bonchev–Trinajstić information content (AvgIpc) is 2.79. The van der Waals surface area contributed by atoms with Crippen LogP contribution in [0.5, 0.6) is 0 Å². The first-order chi connectivity index (χ1) is 9.11. The van der Waals surface area contributed by atoms with Gasteiger partial charge < -0.3 is 10.4 Å². The highest BCUT2D eigenvalue weighted by atomic mass is 16.4. The summed E-state index contributed by atoms with van der Waals surface area (Å²) < 4.78 is 0. The van der Waals surface area contributed by atoms with Gasteiger partial charge in [-0.3, -0.25) is 9.89 Å². The Labute approximate surface area is 109 Å². The number of nitrogens with zero attached hydrogens (tertiary/aromatic N) is 1. The van der Waals surface area contributed by atoms with Crippen LogP contribution in [0.1, 0.15) is 19.0 Å². The van der Waals surface area contributed by atoms with Gasteiger partial charge >= 0.3 is 5.97 Å². The van der Waals surface area contributed by atoms with Crippen LogP contribution in [-0.2, 0) is 16.0 Å². The number of para-hydroxylation sites is 1. The first kappa shape index (κ1) is 13.1. The number of hydrogen-bond acceptors (Lipinski definition) is 3. The number of benzene rings is 1. The minimum absolute atomic E-state index is 0.0876. The van der Waals surface area contributed by atoms with Crippen molar-refractivity contribution < 1.29 is 14.7 Å². The minimum atomic E-state index is -1.02. The van der Waals surface area contributed by atoms with Crippen LogP contribution in [0.3, 0.4) is 0 Å². The van der Waals surface area contributed by atoms with Gasteiger partial charge in [0.15, 0.2) is 0 Å². The number of carboxylic acids is 1. The number of carbonyl (C=O) groups is 2. The number of nitrogens with one attached hydrogen (secondary N) is 2. The molecule has 3 N–H and O–H groups in total. The number of aromatic nitrogens is 2. The predicted octanol–water partition coefficient (Wildman–Crippen LogP) is 1.08. The van der Waals surface area contributed by atoms with Gasteiger partial charge in [-0.15, -0.1) is 0 Å². The largest absolute Gasteiger partial charge is 0.480 e. The molecule has 100 valence electrons. The Hall–Kier alpha value is -2.37. The summed E-state index contributed by atoms with van der Waals surface area (Å²) in [6.45, 7) is 1.71. The van der Waals surface area contributed by atoms with Crippen LogP contribution in [0, 0.1) is 0 Å². The van der Waals surface area contributed by atoms with Crippen LogP contribution in [-0.4, -0.2) is 33.2 Å². The molecule has 19 heavy (non-hydrogen) atoms. The van der Waals surface area contributed by atoms with Gasteiger partial charge in [0.2, 0.25) is 5.91 Å². The van der Waals surface area contributed by atoms with Gasteiger partial charge in [-0.1, -0.05) is 25.1 Å². The Kier molecular flexibility index (Phi) is 3.79. The van der Waals surface area contributed by atoms with Gasteiger partial charge in [-0.2, -0.15) is 5.10 Å². The molecule has 0 aliphatic carbocycles. The van der Waals surface area contributed by atoms with Crippen molar-refractivity contribution in [3.8, 4) is 0 Å². The predicted molar refractivity (Wildman–Crippen MR) is 69.7 cm³/mol. The summed E-state index contributed by atoms with van der Waals surface area (Å²) in [4.78, 5) is 22.7. The maximum atomic E-state index is 11.8. The molecule has 2 aromatic rings. The molecular weight excluding hydrogens is 246 g/mol. The monoisotopic (exact) mass is 261 g/mol. The lowest BCUT2D eigenvalue weighted by Gasteiger charge is -2.11. The third kappa shape index (κ3) is 2.90. The quantitative estimate of drug-likeness (QED) is 0.750. The van der Waals surface area contributed by atoms with Crippen molar-refractivity contribution in [2.24, 2.45) is 0 Å². The van der Waals surface area contributed by atoms with Crippen molar-refractivity contribution in [2.45, 2.75) is 25.8 Å². The van der Waals surface area contributed by atoms with E-state index in [0.29, 0.717) is 12.1 Å². The zero-order valence-electron chi connectivity index (χ0n) is 10.5. The SMILES string of the molecule is CCC(NC(=O)Cc1[nH]nc2ccccc12)C(=O)O. The van der Waals surface area contributed by atoms with Crippen molar-refractivity contribution in [2.75, 3.05) is 0 Å². The summed E-state index contributed by atoms with van der Waals surface area (Å²) in [5.74, 6) is -1.35. The molecule has 0 aliphatic rings. The van der Waals surface area contributed by atoms with Crippen LogP contribution >= 0.6 is 0 Å². The number of H-pyrrole nitrogens is 1. The lowest BCUT2D eigenvalue weighted by atomic mass is 10.1. The highest BCUT2D eigenvalue weighted by Crippen LogP contribution is 2.15. The van der Waals surface area contributed by atoms with Gasteiger partial charge in [0.1, 0.15) is 6.04 Å². The molecule has 0 fully saturated rings. The number of rotatable bonds is 5. The normalized spacial score (nSPS) is 12.3. The average molecular weight is 261 g/mol. The highest BCUT2D eigenvalue weighted by Gasteiger charge is 2.18. The Morgan fingerprint density at radius 2 is 2.16 bits per heavy atom. The second-order valence-corrected chi connectivity index (χ2v) is 4.26. The molecule has 0 saturated carbocycles. The highest BCUT2D eigenvalue weighted by molar-refractivity contribution is 5.89. The summed E-state index contributed by atoms with van der Waals surface area (Å²) in [5.41, 5.74) is 1.48. The number of carboxylic acid groups (broad SMARTS) is 1. The Balaban J connectivity index is 2.09.